The lowest BCUT2D eigenvalue weighted by atomic mass is 10.2. The molecule has 2 rings (SSSR count). The van der Waals surface area contributed by atoms with E-state index in [-0.39, 0.29) is 10.6 Å². The third kappa shape index (κ3) is 3.81. The molecule has 0 aliphatic heterocycles. The number of benzene rings is 2. The number of anilines is 1. The van der Waals surface area contributed by atoms with Crippen LogP contribution in [0.15, 0.2) is 53.4 Å². The Kier molecular flexibility index (Phi) is 4.90. The molecule has 0 aliphatic carbocycles. The highest BCUT2D eigenvalue weighted by Crippen LogP contribution is 2.25. The number of ether oxygens (including phenoxy) is 1. The number of aliphatic carboxylic acids is 1. The van der Waals surface area contributed by atoms with Gasteiger partial charge >= 0.3 is 0 Å². The summed E-state index contributed by atoms with van der Waals surface area (Å²) in [4.78, 5) is 11.0. The van der Waals surface area contributed by atoms with Gasteiger partial charge < -0.3 is 14.6 Å². The standard InChI is InChI=1S/C16H17NO5S/c1-12-3-9-15(10-4-12)23(20,21)17(11-16(18)19)13-5-7-14(22-2)8-6-13/h3-10H,11H2,1-2H3,(H,18,19)/p-1. The molecule has 0 spiro atoms. The van der Waals surface area contributed by atoms with Crippen molar-refractivity contribution < 1.29 is 23.1 Å². The Bertz CT molecular complexity index is 782. The van der Waals surface area contributed by atoms with E-state index in [2.05, 4.69) is 0 Å². The lowest BCUT2D eigenvalue weighted by molar-refractivity contribution is -0.303. The Labute approximate surface area is 135 Å². The van der Waals surface area contributed by atoms with Crippen LogP contribution in [0.2, 0.25) is 0 Å². The van der Waals surface area contributed by atoms with Crippen LogP contribution in [0.1, 0.15) is 5.56 Å². The molecule has 0 atom stereocenters. The second kappa shape index (κ2) is 6.70. The number of carboxylic acids is 1. The Morgan fingerprint density at radius 2 is 1.65 bits per heavy atom. The predicted molar refractivity (Wildman–Crippen MR) is 83.7 cm³/mol. The molecule has 6 nitrogen and oxygen atoms in total. The van der Waals surface area contributed by atoms with Crippen molar-refractivity contribution >= 4 is 21.7 Å². The summed E-state index contributed by atoms with van der Waals surface area (Å²) in [5.74, 6) is -0.952. The largest absolute Gasteiger partial charge is 0.548 e. The molecule has 0 fully saturated rings. The fourth-order valence-corrected chi connectivity index (χ4v) is 3.43. The molecule has 2 aromatic rings. The van der Waals surface area contributed by atoms with E-state index in [1.807, 2.05) is 6.92 Å². The minimum Gasteiger partial charge on any atom is -0.548 e. The molecule has 0 heterocycles. The summed E-state index contributed by atoms with van der Waals surface area (Å²) in [5.41, 5.74) is 1.12. The average molecular weight is 334 g/mol. The summed E-state index contributed by atoms with van der Waals surface area (Å²) in [7, 11) is -2.53. The van der Waals surface area contributed by atoms with E-state index in [9.17, 15) is 18.3 Å². The topological polar surface area (TPSA) is 86.7 Å². The zero-order valence-electron chi connectivity index (χ0n) is 12.7. The van der Waals surface area contributed by atoms with E-state index in [0.29, 0.717) is 5.75 Å². The Balaban J connectivity index is 2.48. The molecule has 2 aromatic carbocycles. The molecule has 0 radical (unpaired) electrons. The van der Waals surface area contributed by atoms with Crippen LogP contribution < -0.4 is 14.1 Å². The van der Waals surface area contributed by atoms with Gasteiger partial charge in [0, 0.05) is 0 Å². The first-order chi connectivity index (χ1) is 10.8. The van der Waals surface area contributed by atoms with Crippen molar-refractivity contribution in [1.29, 1.82) is 0 Å². The number of carbonyl (C=O) groups is 1. The SMILES string of the molecule is COc1ccc(N(CC(=O)[O-])S(=O)(=O)c2ccc(C)cc2)cc1. The van der Waals surface area contributed by atoms with Crippen LogP contribution in [0.3, 0.4) is 0 Å². The number of carboxylic acid groups (broad SMARTS) is 1. The zero-order valence-corrected chi connectivity index (χ0v) is 13.5. The maximum absolute atomic E-state index is 12.7. The highest BCUT2D eigenvalue weighted by Gasteiger charge is 2.25. The zero-order chi connectivity index (χ0) is 17.0. The first kappa shape index (κ1) is 16.8. The highest BCUT2D eigenvalue weighted by atomic mass is 32.2. The minimum absolute atomic E-state index is 0.0140. The minimum atomic E-state index is -4.01. The van der Waals surface area contributed by atoms with Crippen molar-refractivity contribution in [2.45, 2.75) is 11.8 Å². The summed E-state index contributed by atoms with van der Waals surface area (Å²) in [5, 5.41) is 11.0. The van der Waals surface area contributed by atoms with E-state index in [4.69, 9.17) is 4.74 Å². The molecule has 7 heteroatoms. The van der Waals surface area contributed by atoms with E-state index in [0.717, 1.165) is 9.87 Å². The van der Waals surface area contributed by atoms with E-state index in [1.54, 1.807) is 24.3 Å². The van der Waals surface area contributed by atoms with Crippen molar-refractivity contribution in [3.05, 3.63) is 54.1 Å². The van der Waals surface area contributed by atoms with Gasteiger partial charge in [0.25, 0.3) is 10.0 Å². The maximum atomic E-state index is 12.7. The number of hydrogen-bond acceptors (Lipinski definition) is 5. The second-order valence-electron chi connectivity index (χ2n) is 4.89. The Hall–Kier alpha value is -2.54. The summed E-state index contributed by atoms with van der Waals surface area (Å²) in [6.07, 6.45) is 0. The second-order valence-corrected chi connectivity index (χ2v) is 6.76. The number of rotatable bonds is 6. The van der Waals surface area contributed by atoms with Gasteiger partial charge in [-0.05, 0) is 43.3 Å². The number of nitrogens with zero attached hydrogens (tertiary/aromatic N) is 1. The summed E-state index contributed by atoms with van der Waals surface area (Å²) >= 11 is 0. The summed E-state index contributed by atoms with van der Waals surface area (Å²) in [6.45, 7) is 1.06. The van der Waals surface area contributed by atoms with E-state index < -0.39 is 22.5 Å². The fraction of sp³-hybridized carbons (Fsp3) is 0.188. The molecule has 0 saturated heterocycles. The third-order valence-corrected chi connectivity index (χ3v) is 5.03. The molecule has 23 heavy (non-hydrogen) atoms. The predicted octanol–water partition coefficient (Wildman–Crippen LogP) is 0.949. The molecule has 0 aliphatic rings. The average Bonchev–Trinajstić information content (AvgIpc) is 2.53. The van der Waals surface area contributed by atoms with Crippen LogP contribution in [0.25, 0.3) is 0 Å². The van der Waals surface area contributed by atoms with Gasteiger partial charge in [-0.15, -0.1) is 0 Å². The van der Waals surface area contributed by atoms with Gasteiger partial charge in [0.2, 0.25) is 0 Å². The monoisotopic (exact) mass is 334 g/mol. The molecule has 0 unspecified atom stereocenters. The van der Waals surface area contributed by atoms with E-state index >= 15 is 0 Å². The van der Waals surface area contributed by atoms with Gasteiger partial charge in [0.15, 0.2) is 0 Å². The molecule has 0 bridgehead atoms. The van der Waals surface area contributed by atoms with Crippen LogP contribution in [-0.2, 0) is 14.8 Å². The van der Waals surface area contributed by atoms with Crippen molar-refractivity contribution in [3.63, 3.8) is 0 Å². The van der Waals surface area contributed by atoms with Crippen LogP contribution in [0.5, 0.6) is 5.75 Å². The Morgan fingerprint density at radius 1 is 1.09 bits per heavy atom. The number of sulfonamides is 1. The van der Waals surface area contributed by atoms with Crippen molar-refractivity contribution in [2.24, 2.45) is 0 Å². The van der Waals surface area contributed by atoms with Crippen LogP contribution >= 0.6 is 0 Å². The lowest BCUT2D eigenvalue weighted by Crippen LogP contribution is -2.41. The number of hydrogen-bond donors (Lipinski definition) is 0. The number of carbonyl (C=O) groups excluding carboxylic acids is 1. The number of aryl methyl sites for hydroxylation is 1. The summed E-state index contributed by atoms with van der Waals surface area (Å²) < 4.78 is 31.3. The highest BCUT2D eigenvalue weighted by molar-refractivity contribution is 7.92. The molecule has 0 N–H and O–H groups in total. The fourth-order valence-electron chi connectivity index (χ4n) is 2.02. The smallest absolute Gasteiger partial charge is 0.264 e. The van der Waals surface area contributed by atoms with Crippen LogP contribution in [0.4, 0.5) is 5.69 Å². The van der Waals surface area contributed by atoms with Crippen molar-refractivity contribution in [1.82, 2.24) is 0 Å². The van der Waals surface area contributed by atoms with Gasteiger partial charge in [-0.2, -0.15) is 0 Å². The van der Waals surface area contributed by atoms with Crippen molar-refractivity contribution in [3.8, 4) is 5.75 Å². The van der Waals surface area contributed by atoms with Crippen LogP contribution in [0, 0.1) is 6.92 Å². The first-order valence-corrected chi connectivity index (χ1v) is 8.22. The quantitative estimate of drug-likeness (QED) is 0.785. The van der Waals surface area contributed by atoms with E-state index in [1.165, 1.54) is 31.4 Å². The molecule has 0 amide bonds. The third-order valence-electron chi connectivity index (χ3n) is 3.24. The molecule has 122 valence electrons. The maximum Gasteiger partial charge on any atom is 0.264 e. The van der Waals surface area contributed by atoms with Crippen LogP contribution in [-0.4, -0.2) is 28.0 Å². The first-order valence-electron chi connectivity index (χ1n) is 6.78. The Morgan fingerprint density at radius 3 is 2.13 bits per heavy atom. The van der Waals surface area contributed by atoms with Gasteiger partial charge in [-0.3, -0.25) is 4.31 Å². The summed E-state index contributed by atoms with van der Waals surface area (Å²) in [6, 6.07) is 12.3. The normalized spacial score (nSPS) is 11.0. The van der Waals surface area contributed by atoms with Gasteiger partial charge in [0.05, 0.1) is 30.2 Å². The van der Waals surface area contributed by atoms with Crippen molar-refractivity contribution in [2.75, 3.05) is 18.0 Å². The molecular formula is C16H16NO5S-. The number of methoxy groups -OCH3 is 1. The molecule has 0 saturated carbocycles. The lowest BCUT2D eigenvalue weighted by Gasteiger charge is -2.25. The van der Waals surface area contributed by atoms with Gasteiger partial charge in [0.1, 0.15) is 5.75 Å². The molecular weight excluding hydrogens is 318 g/mol. The van der Waals surface area contributed by atoms with Gasteiger partial charge in [-0.1, -0.05) is 17.7 Å². The van der Waals surface area contributed by atoms with Gasteiger partial charge in [-0.25, -0.2) is 8.42 Å². The molecule has 0 aromatic heterocycles.